The number of aryl methyl sites for hydroxylation is 1. The molecule has 1 N–H and O–H groups in total. The quantitative estimate of drug-likeness (QED) is 0.233. The van der Waals surface area contributed by atoms with E-state index in [2.05, 4.69) is 45.4 Å². The molecule has 10 nitrogen and oxygen atoms in total. The first-order valence-electron chi connectivity index (χ1n) is 14.2. The fourth-order valence-corrected chi connectivity index (χ4v) is 5.46. The predicted octanol–water partition coefficient (Wildman–Crippen LogP) is 5.58. The Balaban J connectivity index is 1.27. The molecular formula is C33H34N7O3+. The summed E-state index contributed by atoms with van der Waals surface area (Å²) in [5, 5.41) is 10.5. The summed E-state index contributed by atoms with van der Waals surface area (Å²) >= 11 is 0. The summed E-state index contributed by atoms with van der Waals surface area (Å²) in [6.45, 7) is 13.8. The van der Waals surface area contributed by atoms with Gasteiger partial charge in [-0.15, -0.1) is 0 Å². The zero-order valence-corrected chi connectivity index (χ0v) is 24.8. The SMILES string of the molecule is C=CC(=O)N1CC[N+]2=C(COc3c2ccc2ncnc(Nc4ccc(OC5=CC(=C(C)C)N(/N=C\C)C=C5)c(C)c4)c32)C1. The number of carbonyl (C=O) groups excluding carboxylic acids is 1. The van der Waals surface area contributed by atoms with Crippen molar-refractivity contribution in [3.05, 3.63) is 90.3 Å². The summed E-state index contributed by atoms with van der Waals surface area (Å²) in [6, 6.07) is 9.96. The molecule has 2 aromatic carbocycles. The zero-order chi connectivity index (χ0) is 30.1. The first-order valence-corrected chi connectivity index (χ1v) is 14.2. The van der Waals surface area contributed by atoms with E-state index in [0.29, 0.717) is 32.1 Å². The molecular weight excluding hydrogens is 542 g/mol. The molecule has 218 valence electrons. The maximum absolute atomic E-state index is 12.2. The third-order valence-corrected chi connectivity index (χ3v) is 7.57. The van der Waals surface area contributed by atoms with Gasteiger partial charge in [0, 0.05) is 30.2 Å². The number of amides is 1. The maximum Gasteiger partial charge on any atom is 0.248 e. The molecule has 1 amide bonds. The highest BCUT2D eigenvalue weighted by Crippen LogP contribution is 2.41. The minimum absolute atomic E-state index is 0.0685. The summed E-state index contributed by atoms with van der Waals surface area (Å²) in [5.41, 5.74) is 6.71. The largest absolute Gasteiger partial charge is 0.475 e. The molecule has 0 aliphatic carbocycles. The van der Waals surface area contributed by atoms with Gasteiger partial charge in [0.25, 0.3) is 0 Å². The predicted molar refractivity (Wildman–Crippen MR) is 168 cm³/mol. The summed E-state index contributed by atoms with van der Waals surface area (Å²) in [4.78, 5) is 23.1. The number of rotatable bonds is 6. The van der Waals surface area contributed by atoms with Gasteiger partial charge in [-0.3, -0.25) is 4.79 Å². The number of nitrogens with zero attached hydrogens (tertiary/aromatic N) is 6. The van der Waals surface area contributed by atoms with Crippen LogP contribution in [-0.2, 0) is 4.79 Å². The maximum atomic E-state index is 12.2. The molecule has 0 atom stereocenters. The molecule has 3 aliphatic heterocycles. The third-order valence-electron chi connectivity index (χ3n) is 7.57. The molecule has 3 aliphatic rings. The van der Waals surface area contributed by atoms with Gasteiger partial charge in [-0.05, 0) is 69.7 Å². The Morgan fingerprint density at radius 2 is 2.09 bits per heavy atom. The second-order valence-electron chi connectivity index (χ2n) is 10.7. The number of benzene rings is 2. The highest BCUT2D eigenvalue weighted by molar-refractivity contribution is 6.01. The van der Waals surface area contributed by atoms with Crippen LogP contribution in [0, 0.1) is 6.92 Å². The molecule has 10 heteroatoms. The topological polar surface area (TPSA) is 95.2 Å². The van der Waals surface area contributed by atoms with Crippen molar-refractivity contribution < 1.29 is 18.8 Å². The van der Waals surface area contributed by atoms with Gasteiger partial charge in [0.2, 0.25) is 23.1 Å². The molecule has 0 spiro atoms. The van der Waals surface area contributed by atoms with Crippen LogP contribution in [0.15, 0.2) is 89.8 Å². The van der Waals surface area contributed by atoms with Crippen molar-refractivity contribution in [2.45, 2.75) is 27.7 Å². The van der Waals surface area contributed by atoms with Crippen LogP contribution in [0.5, 0.6) is 11.5 Å². The summed E-state index contributed by atoms with van der Waals surface area (Å²) in [6.07, 6.45) is 10.5. The van der Waals surface area contributed by atoms with Gasteiger partial charge in [0.15, 0.2) is 13.2 Å². The van der Waals surface area contributed by atoms with Gasteiger partial charge in [-0.1, -0.05) is 12.2 Å². The average Bonchev–Trinajstić information content (AvgIpc) is 3.02. The fraction of sp³-hybridized carbons (Fsp3) is 0.242. The van der Waals surface area contributed by atoms with Gasteiger partial charge in [0.1, 0.15) is 30.2 Å². The van der Waals surface area contributed by atoms with Crippen LogP contribution in [0.1, 0.15) is 26.3 Å². The number of aromatic nitrogens is 2. The Morgan fingerprint density at radius 1 is 1.23 bits per heavy atom. The minimum atomic E-state index is -0.0685. The molecule has 0 radical (unpaired) electrons. The van der Waals surface area contributed by atoms with Crippen LogP contribution >= 0.6 is 0 Å². The normalized spacial score (nSPS) is 16.1. The van der Waals surface area contributed by atoms with Crippen LogP contribution in [-0.4, -0.2) is 68.5 Å². The van der Waals surface area contributed by atoms with E-state index in [1.54, 1.807) is 17.4 Å². The van der Waals surface area contributed by atoms with Crippen LogP contribution in [0.25, 0.3) is 10.9 Å². The lowest BCUT2D eigenvalue weighted by Crippen LogP contribution is -2.48. The van der Waals surface area contributed by atoms with Gasteiger partial charge in [-0.25, -0.2) is 15.0 Å². The molecule has 0 fully saturated rings. The van der Waals surface area contributed by atoms with E-state index in [4.69, 9.17) is 9.47 Å². The first-order chi connectivity index (χ1) is 20.9. The van der Waals surface area contributed by atoms with Gasteiger partial charge < -0.3 is 19.7 Å². The Labute approximate surface area is 250 Å². The Hall–Kier alpha value is -5.25. The Kier molecular flexibility index (Phi) is 7.50. The van der Waals surface area contributed by atoms with E-state index in [0.717, 1.165) is 62.1 Å². The number of ether oxygens (including phenoxy) is 2. The van der Waals surface area contributed by atoms with Crippen LogP contribution in [0.3, 0.4) is 0 Å². The lowest BCUT2D eigenvalue weighted by molar-refractivity contribution is -0.453. The number of fused-ring (bicyclic) bond motifs is 4. The van der Waals surface area contributed by atoms with E-state index < -0.39 is 0 Å². The third kappa shape index (κ3) is 5.39. The highest BCUT2D eigenvalue weighted by atomic mass is 16.5. The van der Waals surface area contributed by atoms with Gasteiger partial charge in [0.05, 0.1) is 23.1 Å². The van der Waals surface area contributed by atoms with Crippen molar-refractivity contribution in [3.8, 4) is 11.5 Å². The number of carbonyl (C=O) groups is 1. The van der Waals surface area contributed by atoms with E-state index in [1.165, 1.54) is 6.08 Å². The van der Waals surface area contributed by atoms with Crippen LogP contribution < -0.4 is 14.8 Å². The van der Waals surface area contributed by atoms with Crippen LogP contribution in [0.2, 0.25) is 0 Å². The standard InChI is InChI=1S/C33H34N7O3/c1-6-30(41)38-14-15-39-24(18-38)19-42-32-27(39)10-9-26-31(32)33(35-20-34-26)37-23-8-11-29(22(5)16-23)43-25-12-13-40(36-7-2)28(17-25)21(3)4/h6-13,16-17,20H,1,14-15,18-19H2,2-5H3,(H,34,35,37)/q+1/b36-7-. The molecule has 0 saturated heterocycles. The lowest BCUT2D eigenvalue weighted by Gasteiger charge is -2.29. The number of hydrogen-bond acceptors (Lipinski definition) is 8. The van der Waals surface area contributed by atoms with Crippen molar-refractivity contribution >= 4 is 45.9 Å². The lowest BCUT2D eigenvalue weighted by atomic mass is 10.1. The van der Waals surface area contributed by atoms with Gasteiger partial charge >= 0.3 is 0 Å². The van der Waals surface area contributed by atoms with E-state index in [1.807, 2.05) is 67.5 Å². The molecule has 1 aromatic heterocycles. The van der Waals surface area contributed by atoms with Crippen molar-refractivity contribution in [3.63, 3.8) is 0 Å². The first kappa shape index (κ1) is 27.9. The molecule has 0 bridgehead atoms. The molecule has 0 unspecified atom stereocenters. The van der Waals surface area contributed by atoms with E-state index in [-0.39, 0.29) is 5.91 Å². The number of allylic oxidation sites excluding steroid dienone is 3. The number of nitrogens with one attached hydrogen (secondary N) is 1. The Bertz CT molecular complexity index is 1800. The fourth-order valence-electron chi connectivity index (χ4n) is 5.46. The molecule has 0 saturated carbocycles. The van der Waals surface area contributed by atoms with Crippen molar-refractivity contribution in [1.29, 1.82) is 0 Å². The summed E-state index contributed by atoms with van der Waals surface area (Å²) in [7, 11) is 0. The molecule has 3 aromatic rings. The second kappa shape index (κ2) is 11.6. The minimum Gasteiger partial charge on any atom is -0.475 e. The van der Waals surface area contributed by atoms with Gasteiger partial charge in [-0.2, -0.15) is 9.68 Å². The van der Waals surface area contributed by atoms with Crippen molar-refractivity contribution in [2.24, 2.45) is 5.10 Å². The average molecular weight is 577 g/mol. The zero-order valence-electron chi connectivity index (χ0n) is 24.8. The smallest absolute Gasteiger partial charge is 0.248 e. The monoisotopic (exact) mass is 576 g/mol. The molecule has 43 heavy (non-hydrogen) atoms. The number of hydrogen-bond donors (Lipinski definition) is 1. The summed E-state index contributed by atoms with van der Waals surface area (Å²) < 4.78 is 14.8. The Morgan fingerprint density at radius 3 is 2.86 bits per heavy atom. The summed E-state index contributed by atoms with van der Waals surface area (Å²) in [5.74, 6) is 2.81. The van der Waals surface area contributed by atoms with Crippen LogP contribution in [0.4, 0.5) is 17.2 Å². The van der Waals surface area contributed by atoms with Crippen molar-refractivity contribution in [2.75, 3.05) is 31.6 Å². The van der Waals surface area contributed by atoms with E-state index >= 15 is 0 Å². The number of anilines is 2. The number of hydrazone groups is 1. The molecule has 4 heterocycles. The second-order valence-corrected chi connectivity index (χ2v) is 10.7. The van der Waals surface area contributed by atoms with Crippen molar-refractivity contribution in [1.82, 2.24) is 19.9 Å². The van der Waals surface area contributed by atoms with E-state index in [9.17, 15) is 4.79 Å². The highest BCUT2D eigenvalue weighted by Gasteiger charge is 2.36. The molecule has 6 rings (SSSR count).